The summed E-state index contributed by atoms with van der Waals surface area (Å²) in [6.45, 7) is 1.80. The Morgan fingerprint density at radius 1 is 1.33 bits per heavy atom. The van der Waals surface area contributed by atoms with Gasteiger partial charge in [-0.3, -0.25) is 4.79 Å². The van der Waals surface area contributed by atoms with Gasteiger partial charge in [0, 0.05) is 0 Å². The Morgan fingerprint density at radius 3 is 2.07 bits per heavy atom. The van der Waals surface area contributed by atoms with E-state index < -0.39 is 24.0 Å². The predicted molar refractivity (Wildman–Crippen MR) is 47.7 cm³/mol. The van der Waals surface area contributed by atoms with E-state index in [2.05, 4.69) is 0 Å². The average Bonchev–Trinajstić information content (AvgIpc) is 2.17. The molecule has 0 aliphatic rings. The van der Waals surface area contributed by atoms with Crippen LogP contribution in [0.3, 0.4) is 0 Å². The topological polar surface area (TPSA) is 52.9 Å². The summed E-state index contributed by atoms with van der Waals surface area (Å²) in [5.41, 5.74) is -1.34. The van der Waals surface area contributed by atoms with Gasteiger partial charge < -0.3 is 5.32 Å². The van der Waals surface area contributed by atoms with Crippen molar-refractivity contribution in [3.05, 3.63) is 0 Å². The minimum Gasteiger partial charge on any atom is -0.346 e. The van der Waals surface area contributed by atoms with E-state index in [0.29, 0.717) is 0 Å². The van der Waals surface area contributed by atoms with Crippen LogP contribution >= 0.6 is 0 Å². The highest BCUT2D eigenvalue weighted by atomic mass is 19.4. The van der Waals surface area contributed by atoms with E-state index in [-0.39, 0.29) is 12.8 Å². The maximum atomic E-state index is 11.8. The van der Waals surface area contributed by atoms with Gasteiger partial charge in [0.15, 0.2) is 0 Å². The van der Waals surface area contributed by atoms with Crippen LogP contribution < -0.4 is 5.32 Å². The number of hydrogen-bond acceptors (Lipinski definition) is 2. The van der Waals surface area contributed by atoms with Crippen molar-refractivity contribution in [1.82, 2.24) is 5.32 Å². The minimum atomic E-state index is -4.45. The molecule has 0 saturated heterocycles. The summed E-state index contributed by atoms with van der Waals surface area (Å²) in [5.74, 6) is -0.854. The van der Waals surface area contributed by atoms with Gasteiger partial charge in [0.1, 0.15) is 12.0 Å². The van der Waals surface area contributed by atoms with Crippen molar-refractivity contribution in [2.75, 3.05) is 6.54 Å². The first-order valence-corrected chi connectivity index (χ1v) is 4.57. The molecule has 0 heterocycles. The Morgan fingerprint density at radius 2 is 1.80 bits per heavy atom. The fraction of sp³-hybridized carbons (Fsp3) is 0.778. The third-order valence-corrected chi connectivity index (χ3v) is 2.31. The molecule has 1 N–H and O–H groups in total. The van der Waals surface area contributed by atoms with Crippen molar-refractivity contribution < 1.29 is 18.0 Å². The smallest absolute Gasteiger partial charge is 0.346 e. The molecule has 1 amide bonds. The van der Waals surface area contributed by atoms with E-state index in [1.807, 2.05) is 0 Å². The van der Waals surface area contributed by atoms with Gasteiger partial charge >= 0.3 is 6.18 Å². The van der Waals surface area contributed by atoms with Gasteiger partial charge in [0.25, 0.3) is 0 Å². The van der Waals surface area contributed by atoms with Crippen LogP contribution in [0.2, 0.25) is 0 Å². The molecule has 86 valence electrons. The normalized spacial score (nSPS) is 12.0. The number of nitrogens with zero attached hydrogens (tertiary/aromatic N) is 1. The molecule has 0 rings (SSSR count). The molecule has 0 aromatic rings. The monoisotopic (exact) mass is 222 g/mol. The predicted octanol–water partition coefficient (Wildman–Crippen LogP) is 1.99. The zero-order valence-electron chi connectivity index (χ0n) is 8.61. The molecule has 0 bridgehead atoms. The lowest BCUT2D eigenvalue weighted by Crippen LogP contribution is -2.43. The number of carbonyl (C=O) groups is 1. The van der Waals surface area contributed by atoms with Gasteiger partial charge in [-0.25, -0.2) is 0 Å². The van der Waals surface area contributed by atoms with Crippen molar-refractivity contribution in [3.63, 3.8) is 0 Å². The second-order valence-corrected chi connectivity index (χ2v) is 3.20. The first-order valence-electron chi connectivity index (χ1n) is 4.57. The molecule has 0 fully saturated rings. The summed E-state index contributed by atoms with van der Waals surface area (Å²) in [5, 5.41) is 10.5. The Hall–Kier alpha value is -1.25. The first-order chi connectivity index (χ1) is 6.81. The highest BCUT2D eigenvalue weighted by molar-refractivity contribution is 5.85. The molecule has 0 spiro atoms. The number of amides is 1. The molecule has 0 saturated carbocycles. The van der Waals surface area contributed by atoms with Gasteiger partial charge in [-0.1, -0.05) is 13.8 Å². The van der Waals surface area contributed by atoms with Gasteiger partial charge in [0.05, 0.1) is 6.07 Å². The van der Waals surface area contributed by atoms with Crippen molar-refractivity contribution in [1.29, 1.82) is 5.26 Å². The van der Waals surface area contributed by atoms with Crippen molar-refractivity contribution in [2.24, 2.45) is 5.41 Å². The SMILES string of the molecule is CCC(C#N)(CC)C(=O)NCC(F)(F)F. The van der Waals surface area contributed by atoms with Crippen molar-refractivity contribution >= 4 is 5.91 Å². The molecular weight excluding hydrogens is 209 g/mol. The highest BCUT2D eigenvalue weighted by Gasteiger charge is 2.37. The van der Waals surface area contributed by atoms with Crippen LogP contribution in [-0.4, -0.2) is 18.6 Å². The van der Waals surface area contributed by atoms with E-state index in [1.165, 1.54) is 0 Å². The van der Waals surface area contributed by atoms with Crippen molar-refractivity contribution in [3.8, 4) is 6.07 Å². The summed E-state index contributed by atoms with van der Waals surface area (Å²) in [6.07, 6.45) is -4.05. The fourth-order valence-corrected chi connectivity index (χ4v) is 1.13. The quantitative estimate of drug-likeness (QED) is 0.790. The lowest BCUT2D eigenvalue weighted by Gasteiger charge is -2.22. The second kappa shape index (κ2) is 5.01. The molecule has 0 aliphatic heterocycles. The van der Waals surface area contributed by atoms with Crippen LogP contribution in [0.4, 0.5) is 13.2 Å². The Bertz CT molecular complexity index is 264. The zero-order chi connectivity index (χ0) is 12.1. The summed E-state index contributed by atoms with van der Waals surface area (Å²) in [6, 6.07) is 1.77. The second-order valence-electron chi connectivity index (χ2n) is 3.20. The fourth-order valence-electron chi connectivity index (χ4n) is 1.13. The molecule has 0 atom stereocenters. The number of nitrogens with one attached hydrogen (secondary N) is 1. The van der Waals surface area contributed by atoms with Crippen LogP contribution in [-0.2, 0) is 4.79 Å². The molecule has 0 radical (unpaired) electrons. The van der Waals surface area contributed by atoms with Crippen LogP contribution in [0, 0.1) is 16.7 Å². The van der Waals surface area contributed by atoms with E-state index in [1.54, 1.807) is 25.2 Å². The standard InChI is InChI=1S/C9H13F3N2O/c1-3-8(4-2,5-13)7(15)14-6-9(10,11)12/h3-4,6H2,1-2H3,(H,14,15). The Kier molecular flexibility index (Phi) is 4.59. The number of halogens is 3. The lowest BCUT2D eigenvalue weighted by atomic mass is 9.83. The maximum Gasteiger partial charge on any atom is 0.405 e. The summed E-state index contributed by atoms with van der Waals surface area (Å²) in [4.78, 5) is 11.4. The van der Waals surface area contributed by atoms with E-state index >= 15 is 0 Å². The third kappa shape index (κ3) is 3.78. The largest absolute Gasteiger partial charge is 0.405 e. The molecule has 15 heavy (non-hydrogen) atoms. The van der Waals surface area contributed by atoms with Crippen LogP contribution in [0.1, 0.15) is 26.7 Å². The maximum absolute atomic E-state index is 11.8. The minimum absolute atomic E-state index is 0.198. The third-order valence-electron chi connectivity index (χ3n) is 2.31. The molecule has 0 aromatic heterocycles. The zero-order valence-corrected chi connectivity index (χ0v) is 8.61. The van der Waals surface area contributed by atoms with Gasteiger partial charge in [-0.15, -0.1) is 0 Å². The van der Waals surface area contributed by atoms with Crippen LogP contribution in [0.15, 0.2) is 0 Å². The number of nitriles is 1. The highest BCUT2D eigenvalue weighted by Crippen LogP contribution is 2.25. The number of rotatable bonds is 4. The van der Waals surface area contributed by atoms with Crippen molar-refractivity contribution in [2.45, 2.75) is 32.9 Å². The van der Waals surface area contributed by atoms with Crippen LogP contribution in [0.5, 0.6) is 0 Å². The first kappa shape index (κ1) is 13.8. The average molecular weight is 222 g/mol. The molecular formula is C9H13F3N2O. The van der Waals surface area contributed by atoms with E-state index in [4.69, 9.17) is 5.26 Å². The number of hydrogen-bond donors (Lipinski definition) is 1. The summed E-state index contributed by atoms with van der Waals surface area (Å²) in [7, 11) is 0. The van der Waals surface area contributed by atoms with E-state index in [9.17, 15) is 18.0 Å². The van der Waals surface area contributed by atoms with Gasteiger partial charge in [-0.05, 0) is 12.8 Å². The van der Waals surface area contributed by atoms with Gasteiger partial charge in [0.2, 0.25) is 5.91 Å². The Balaban J connectivity index is 4.50. The molecule has 3 nitrogen and oxygen atoms in total. The number of carbonyl (C=O) groups excluding carboxylic acids is 1. The summed E-state index contributed by atoms with van der Waals surface area (Å²) < 4.78 is 35.5. The molecule has 0 aliphatic carbocycles. The van der Waals surface area contributed by atoms with Gasteiger partial charge in [-0.2, -0.15) is 18.4 Å². The number of alkyl halides is 3. The Labute approximate surface area is 86.3 Å². The van der Waals surface area contributed by atoms with E-state index in [0.717, 1.165) is 0 Å². The molecule has 0 unspecified atom stereocenters. The molecule has 0 aromatic carbocycles. The summed E-state index contributed by atoms with van der Waals surface area (Å²) >= 11 is 0. The molecule has 6 heteroatoms. The lowest BCUT2D eigenvalue weighted by molar-refractivity contribution is -0.143. The van der Waals surface area contributed by atoms with Crippen LogP contribution in [0.25, 0.3) is 0 Å².